The highest BCUT2D eigenvalue weighted by molar-refractivity contribution is 5.94. The summed E-state index contributed by atoms with van der Waals surface area (Å²) in [4.78, 5) is 12.4. The smallest absolute Gasteiger partial charge is 0.279 e. The van der Waals surface area contributed by atoms with Crippen LogP contribution >= 0.6 is 0 Å². The van der Waals surface area contributed by atoms with E-state index < -0.39 is 0 Å². The van der Waals surface area contributed by atoms with Crippen molar-refractivity contribution in [1.82, 2.24) is 0 Å². The number of anilines is 1. The molecule has 0 aliphatic rings. The minimum Gasteiger partial charge on any atom is -0.332 e. The number of fused-ring (bicyclic) bond motifs is 1. The summed E-state index contributed by atoms with van der Waals surface area (Å²) in [5, 5.41) is 7.44. The fourth-order valence-corrected chi connectivity index (χ4v) is 3.18. The summed E-state index contributed by atoms with van der Waals surface area (Å²) in [6.07, 6.45) is 0. The number of hydrogen-bond donors (Lipinski definition) is 2. The first kappa shape index (κ1) is 17.2. The lowest BCUT2D eigenvalue weighted by atomic mass is 9.96. The van der Waals surface area contributed by atoms with Crippen molar-refractivity contribution in [3.05, 3.63) is 78.4 Å². The summed E-state index contributed by atoms with van der Waals surface area (Å²) < 4.78 is 0. The standard InChI is InChI=1S/C22H24N2O/c1-16(2)22(18-9-4-3-5-10-18)23-15-21(25)24-20-13-12-17-8-6-7-11-19(17)14-20/h3-14,16,22-23H,15H2,1-2H3,(H,24,25)/p+1/t22-/m1/s1. The fourth-order valence-electron chi connectivity index (χ4n) is 3.18. The van der Waals surface area contributed by atoms with Crippen molar-refractivity contribution in [1.29, 1.82) is 0 Å². The Morgan fingerprint density at radius 1 is 0.920 bits per heavy atom. The zero-order valence-electron chi connectivity index (χ0n) is 14.8. The van der Waals surface area contributed by atoms with Gasteiger partial charge in [0.1, 0.15) is 6.04 Å². The number of hydrogen-bond acceptors (Lipinski definition) is 1. The Labute approximate surface area is 149 Å². The Hall–Kier alpha value is -2.65. The molecule has 1 amide bonds. The van der Waals surface area contributed by atoms with E-state index in [0.717, 1.165) is 11.1 Å². The van der Waals surface area contributed by atoms with Crippen molar-refractivity contribution in [3.63, 3.8) is 0 Å². The van der Waals surface area contributed by atoms with E-state index >= 15 is 0 Å². The van der Waals surface area contributed by atoms with Gasteiger partial charge in [0.15, 0.2) is 6.54 Å². The van der Waals surface area contributed by atoms with E-state index in [1.807, 2.05) is 48.5 Å². The molecule has 3 aromatic rings. The van der Waals surface area contributed by atoms with Crippen molar-refractivity contribution in [2.45, 2.75) is 19.9 Å². The summed E-state index contributed by atoms with van der Waals surface area (Å²) in [5.41, 5.74) is 2.11. The first-order chi connectivity index (χ1) is 12.1. The molecule has 0 spiro atoms. The Morgan fingerprint density at radius 2 is 1.60 bits per heavy atom. The normalized spacial score (nSPS) is 12.3. The summed E-state index contributed by atoms with van der Waals surface area (Å²) in [7, 11) is 0. The third kappa shape index (κ3) is 4.46. The van der Waals surface area contributed by atoms with Crippen LogP contribution in [0.3, 0.4) is 0 Å². The van der Waals surface area contributed by atoms with Gasteiger partial charge >= 0.3 is 0 Å². The second kappa shape index (κ2) is 7.95. The van der Waals surface area contributed by atoms with Gasteiger partial charge in [0.05, 0.1) is 0 Å². The monoisotopic (exact) mass is 333 g/mol. The van der Waals surface area contributed by atoms with E-state index in [9.17, 15) is 4.79 Å². The number of quaternary nitrogens is 1. The van der Waals surface area contributed by atoms with Gasteiger partial charge in [-0.1, -0.05) is 74.5 Å². The Kier molecular flexibility index (Phi) is 5.46. The van der Waals surface area contributed by atoms with Gasteiger partial charge in [0.25, 0.3) is 5.91 Å². The lowest BCUT2D eigenvalue weighted by Crippen LogP contribution is -2.88. The lowest BCUT2D eigenvalue weighted by molar-refractivity contribution is -0.692. The van der Waals surface area contributed by atoms with Crippen LogP contribution in [0.1, 0.15) is 25.5 Å². The Morgan fingerprint density at radius 3 is 2.32 bits per heavy atom. The predicted octanol–water partition coefficient (Wildman–Crippen LogP) is 3.74. The van der Waals surface area contributed by atoms with Crippen molar-refractivity contribution < 1.29 is 10.1 Å². The van der Waals surface area contributed by atoms with Gasteiger partial charge in [0.2, 0.25) is 0 Å². The van der Waals surface area contributed by atoms with Crippen LogP contribution in [0.15, 0.2) is 72.8 Å². The zero-order valence-corrected chi connectivity index (χ0v) is 14.8. The molecule has 0 aliphatic heterocycles. The Balaban J connectivity index is 1.63. The van der Waals surface area contributed by atoms with Gasteiger partial charge in [-0.15, -0.1) is 0 Å². The lowest BCUT2D eigenvalue weighted by Gasteiger charge is -2.19. The number of amides is 1. The van der Waals surface area contributed by atoms with Crippen molar-refractivity contribution >= 4 is 22.4 Å². The number of rotatable bonds is 6. The molecule has 0 radical (unpaired) electrons. The van der Waals surface area contributed by atoms with Gasteiger partial charge in [0, 0.05) is 17.2 Å². The number of nitrogens with one attached hydrogen (secondary N) is 1. The number of carbonyl (C=O) groups is 1. The molecule has 3 rings (SSSR count). The molecule has 25 heavy (non-hydrogen) atoms. The van der Waals surface area contributed by atoms with Crippen LogP contribution in [0, 0.1) is 5.92 Å². The zero-order chi connectivity index (χ0) is 17.6. The largest absolute Gasteiger partial charge is 0.332 e. The molecule has 0 bridgehead atoms. The summed E-state index contributed by atoms with van der Waals surface area (Å²) in [6, 6.07) is 24.8. The molecule has 3 nitrogen and oxygen atoms in total. The minimum absolute atomic E-state index is 0.0249. The molecule has 0 saturated carbocycles. The number of benzene rings is 3. The molecule has 1 atom stereocenters. The van der Waals surface area contributed by atoms with Crippen molar-refractivity contribution in [2.75, 3.05) is 11.9 Å². The van der Waals surface area contributed by atoms with Crippen LogP contribution in [-0.4, -0.2) is 12.5 Å². The van der Waals surface area contributed by atoms with E-state index in [0.29, 0.717) is 12.5 Å². The summed E-state index contributed by atoms with van der Waals surface area (Å²) >= 11 is 0. The number of nitrogens with two attached hydrogens (primary N) is 1. The molecule has 0 saturated heterocycles. The second-order valence-corrected chi connectivity index (χ2v) is 6.73. The molecule has 0 fully saturated rings. The molecule has 3 N–H and O–H groups in total. The van der Waals surface area contributed by atoms with Crippen molar-refractivity contribution in [2.24, 2.45) is 5.92 Å². The van der Waals surface area contributed by atoms with Crippen LogP contribution in [0.2, 0.25) is 0 Å². The molecule has 0 aliphatic carbocycles. The van der Waals surface area contributed by atoms with Crippen LogP contribution in [-0.2, 0) is 4.79 Å². The molecule has 0 unspecified atom stereocenters. The van der Waals surface area contributed by atoms with Crippen LogP contribution in [0.25, 0.3) is 10.8 Å². The molecular formula is C22H25N2O+. The molecular weight excluding hydrogens is 308 g/mol. The third-order valence-electron chi connectivity index (χ3n) is 4.49. The molecule has 0 heterocycles. The quantitative estimate of drug-likeness (QED) is 0.709. The first-order valence-corrected chi connectivity index (χ1v) is 8.80. The van der Waals surface area contributed by atoms with E-state index in [4.69, 9.17) is 0 Å². The first-order valence-electron chi connectivity index (χ1n) is 8.80. The van der Waals surface area contributed by atoms with Gasteiger partial charge in [-0.05, 0) is 22.9 Å². The van der Waals surface area contributed by atoms with Crippen LogP contribution in [0.4, 0.5) is 5.69 Å². The number of carbonyl (C=O) groups excluding carboxylic acids is 1. The topological polar surface area (TPSA) is 45.7 Å². The maximum atomic E-state index is 12.4. The summed E-state index contributed by atoms with van der Waals surface area (Å²) in [6.45, 7) is 4.79. The maximum Gasteiger partial charge on any atom is 0.279 e. The summed E-state index contributed by atoms with van der Waals surface area (Å²) in [5.74, 6) is 0.479. The van der Waals surface area contributed by atoms with E-state index in [1.165, 1.54) is 10.9 Å². The average Bonchev–Trinajstić information content (AvgIpc) is 2.62. The predicted molar refractivity (Wildman–Crippen MR) is 103 cm³/mol. The molecule has 128 valence electrons. The van der Waals surface area contributed by atoms with E-state index in [-0.39, 0.29) is 11.9 Å². The fraction of sp³-hybridized carbons (Fsp3) is 0.227. The van der Waals surface area contributed by atoms with E-state index in [1.54, 1.807) is 0 Å². The van der Waals surface area contributed by atoms with Crippen LogP contribution < -0.4 is 10.6 Å². The maximum absolute atomic E-state index is 12.4. The van der Waals surface area contributed by atoms with Crippen molar-refractivity contribution in [3.8, 4) is 0 Å². The van der Waals surface area contributed by atoms with E-state index in [2.05, 4.69) is 48.7 Å². The highest BCUT2D eigenvalue weighted by Crippen LogP contribution is 2.19. The molecule has 3 aromatic carbocycles. The van der Waals surface area contributed by atoms with Gasteiger partial charge in [-0.3, -0.25) is 4.79 Å². The Bertz CT molecular complexity index is 843. The van der Waals surface area contributed by atoms with Gasteiger partial charge in [-0.2, -0.15) is 0 Å². The van der Waals surface area contributed by atoms with Gasteiger partial charge in [-0.25, -0.2) is 0 Å². The minimum atomic E-state index is 0.0249. The van der Waals surface area contributed by atoms with Gasteiger partial charge < -0.3 is 10.6 Å². The highest BCUT2D eigenvalue weighted by atomic mass is 16.1. The highest BCUT2D eigenvalue weighted by Gasteiger charge is 2.20. The average molecular weight is 333 g/mol. The molecule has 3 heteroatoms. The third-order valence-corrected chi connectivity index (χ3v) is 4.49. The SMILES string of the molecule is CC(C)[C@@H]([NH2+]CC(=O)Nc1ccc2ccccc2c1)c1ccccc1. The molecule has 0 aromatic heterocycles. The van der Waals surface area contributed by atoms with Crippen LogP contribution in [0.5, 0.6) is 0 Å². The second-order valence-electron chi connectivity index (χ2n) is 6.73.